The maximum atomic E-state index is 12.2. The van der Waals surface area contributed by atoms with Crippen LogP contribution in [0.5, 0.6) is 5.75 Å². The van der Waals surface area contributed by atoms with Crippen LogP contribution in [-0.2, 0) is 11.3 Å². The molecule has 1 unspecified atom stereocenters. The number of fused-ring (bicyclic) bond motifs is 1. The lowest BCUT2D eigenvalue weighted by Gasteiger charge is -2.27. The largest absolute Gasteiger partial charge is 0.435 e. The molecule has 0 radical (unpaired) electrons. The molecule has 1 aliphatic rings. The van der Waals surface area contributed by atoms with Gasteiger partial charge in [-0.2, -0.15) is 8.78 Å². The molecule has 5 heteroatoms. The highest BCUT2D eigenvalue weighted by Gasteiger charge is 2.20. The van der Waals surface area contributed by atoms with Crippen molar-refractivity contribution in [2.24, 2.45) is 0 Å². The molecule has 2 aromatic carbocycles. The van der Waals surface area contributed by atoms with Gasteiger partial charge in [-0.1, -0.05) is 30.3 Å². The number of anilines is 1. The van der Waals surface area contributed by atoms with Crippen molar-refractivity contribution in [2.75, 3.05) is 11.9 Å². The van der Waals surface area contributed by atoms with Gasteiger partial charge in [-0.05, 0) is 23.3 Å². The normalized spacial score (nSPS) is 17.4. The molecule has 2 aromatic rings. The Morgan fingerprint density at radius 2 is 2.00 bits per heavy atom. The summed E-state index contributed by atoms with van der Waals surface area (Å²) in [6, 6.07) is 14.6. The van der Waals surface area contributed by atoms with Crippen molar-refractivity contribution in [1.82, 2.24) is 0 Å². The quantitative estimate of drug-likeness (QED) is 0.924. The molecule has 110 valence electrons. The van der Waals surface area contributed by atoms with Gasteiger partial charge in [0.1, 0.15) is 5.75 Å². The topological polar surface area (TPSA) is 30.5 Å². The lowest BCUT2D eigenvalue weighted by atomic mass is 9.99. The van der Waals surface area contributed by atoms with Crippen LogP contribution < -0.4 is 10.1 Å². The Balaban J connectivity index is 1.78. The zero-order chi connectivity index (χ0) is 14.7. The standard InChI is InChI=1S/C16H15F2NO2/c17-16(18)21-13-6-3-5-12(8-13)19-15-10-20-9-11-4-1-2-7-14(11)15/h1-8,15-16,19H,9-10H2. The molecular weight excluding hydrogens is 276 g/mol. The highest BCUT2D eigenvalue weighted by atomic mass is 19.3. The second-order valence-corrected chi connectivity index (χ2v) is 4.82. The summed E-state index contributed by atoms with van der Waals surface area (Å²) >= 11 is 0. The first-order chi connectivity index (χ1) is 10.2. The Hall–Kier alpha value is -2.14. The Labute approximate surface area is 121 Å². The van der Waals surface area contributed by atoms with Crippen LogP contribution in [0.3, 0.4) is 0 Å². The van der Waals surface area contributed by atoms with Crippen LogP contribution >= 0.6 is 0 Å². The zero-order valence-electron chi connectivity index (χ0n) is 11.3. The van der Waals surface area contributed by atoms with Crippen molar-refractivity contribution in [3.63, 3.8) is 0 Å². The van der Waals surface area contributed by atoms with E-state index in [9.17, 15) is 8.78 Å². The first-order valence-corrected chi connectivity index (χ1v) is 6.69. The first-order valence-electron chi connectivity index (χ1n) is 6.69. The fourth-order valence-electron chi connectivity index (χ4n) is 2.46. The van der Waals surface area contributed by atoms with Gasteiger partial charge in [-0.25, -0.2) is 0 Å². The molecule has 0 aromatic heterocycles. The first kappa shape index (κ1) is 13.8. The summed E-state index contributed by atoms with van der Waals surface area (Å²) in [6.45, 7) is -1.68. The van der Waals surface area contributed by atoms with Crippen molar-refractivity contribution in [1.29, 1.82) is 0 Å². The van der Waals surface area contributed by atoms with Gasteiger partial charge < -0.3 is 14.8 Å². The third-order valence-corrected chi connectivity index (χ3v) is 3.37. The van der Waals surface area contributed by atoms with E-state index in [0.29, 0.717) is 13.2 Å². The lowest BCUT2D eigenvalue weighted by molar-refractivity contribution is -0.0498. The van der Waals surface area contributed by atoms with E-state index in [1.54, 1.807) is 12.1 Å². The van der Waals surface area contributed by atoms with Crippen molar-refractivity contribution in [3.05, 3.63) is 59.7 Å². The molecule has 0 spiro atoms. The maximum Gasteiger partial charge on any atom is 0.387 e. The maximum absolute atomic E-state index is 12.2. The summed E-state index contributed by atoms with van der Waals surface area (Å²) in [7, 11) is 0. The summed E-state index contributed by atoms with van der Waals surface area (Å²) in [5.41, 5.74) is 3.03. The number of hydrogen-bond acceptors (Lipinski definition) is 3. The Morgan fingerprint density at radius 3 is 2.86 bits per heavy atom. The van der Waals surface area contributed by atoms with Crippen molar-refractivity contribution < 1.29 is 18.3 Å². The van der Waals surface area contributed by atoms with E-state index in [1.165, 1.54) is 11.6 Å². The van der Waals surface area contributed by atoms with E-state index in [1.807, 2.05) is 24.3 Å². The molecule has 0 fully saturated rings. The highest BCUT2D eigenvalue weighted by molar-refractivity contribution is 5.51. The number of hydrogen-bond donors (Lipinski definition) is 1. The van der Waals surface area contributed by atoms with Crippen LogP contribution in [-0.4, -0.2) is 13.2 Å². The highest BCUT2D eigenvalue weighted by Crippen LogP contribution is 2.29. The van der Waals surface area contributed by atoms with Gasteiger partial charge in [0.15, 0.2) is 0 Å². The molecule has 3 rings (SSSR count). The molecule has 1 N–H and O–H groups in total. The number of nitrogens with one attached hydrogen (secondary N) is 1. The fourth-order valence-corrected chi connectivity index (χ4v) is 2.46. The second kappa shape index (κ2) is 6.10. The van der Waals surface area contributed by atoms with Crippen LogP contribution in [0.2, 0.25) is 0 Å². The Bertz CT molecular complexity index is 619. The van der Waals surface area contributed by atoms with E-state index < -0.39 is 6.61 Å². The summed E-state index contributed by atoms with van der Waals surface area (Å²) in [4.78, 5) is 0. The molecule has 1 heterocycles. The van der Waals surface area contributed by atoms with Crippen molar-refractivity contribution in [2.45, 2.75) is 19.3 Å². The van der Waals surface area contributed by atoms with E-state index in [0.717, 1.165) is 11.3 Å². The average molecular weight is 291 g/mol. The zero-order valence-corrected chi connectivity index (χ0v) is 11.3. The van der Waals surface area contributed by atoms with Gasteiger partial charge >= 0.3 is 6.61 Å². The molecular formula is C16H15F2NO2. The predicted octanol–water partition coefficient (Wildman–Crippen LogP) is 3.97. The van der Waals surface area contributed by atoms with Gasteiger partial charge in [0, 0.05) is 11.8 Å². The van der Waals surface area contributed by atoms with Gasteiger partial charge in [-0.15, -0.1) is 0 Å². The minimum atomic E-state index is -2.82. The minimum Gasteiger partial charge on any atom is -0.435 e. The number of halogens is 2. The van der Waals surface area contributed by atoms with Crippen LogP contribution in [0, 0.1) is 0 Å². The third kappa shape index (κ3) is 3.31. The fraction of sp³-hybridized carbons (Fsp3) is 0.250. The molecule has 21 heavy (non-hydrogen) atoms. The van der Waals surface area contributed by atoms with E-state index in [2.05, 4.69) is 16.1 Å². The number of rotatable bonds is 4. The Morgan fingerprint density at radius 1 is 1.14 bits per heavy atom. The molecule has 1 aliphatic heterocycles. The molecule has 0 bridgehead atoms. The van der Waals surface area contributed by atoms with Crippen LogP contribution in [0.4, 0.5) is 14.5 Å². The third-order valence-electron chi connectivity index (χ3n) is 3.37. The van der Waals surface area contributed by atoms with Gasteiger partial charge in [0.05, 0.1) is 19.3 Å². The molecule has 0 amide bonds. The van der Waals surface area contributed by atoms with Crippen LogP contribution in [0.25, 0.3) is 0 Å². The number of ether oxygens (including phenoxy) is 2. The molecule has 0 aliphatic carbocycles. The molecule has 0 saturated heterocycles. The second-order valence-electron chi connectivity index (χ2n) is 4.82. The summed E-state index contributed by atoms with van der Waals surface area (Å²) < 4.78 is 34.5. The van der Waals surface area contributed by atoms with Gasteiger partial charge in [-0.3, -0.25) is 0 Å². The number of benzene rings is 2. The molecule has 3 nitrogen and oxygen atoms in total. The lowest BCUT2D eigenvalue weighted by Crippen LogP contribution is -2.23. The summed E-state index contributed by atoms with van der Waals surface area (Å²) in [5.74, 6) is 0.139. The van der Waals surface area contributed by atoms with Crippen LogP contribution in [0.1, 0.15) is 17.2 Å². The van der Waals surface area contributed by atoms with Gasteiger partial charge in [0.25, 0.3) is 0 Å². The molecule has 0 saturated carbocycles. The SMILES string of the molecule is FC(F)Oc1cccc(NC2COCc3ccccc32)c1. The predicted molar refractivity (Wildman–Crippen MR) is 75.5 cm³/mol. The van der Waals surface area contributed by atoms with E-state index in [4.69, 9.17) is 4.74 Å². The number of alkyl halides is 2. The minimum absolute atomic E-state index is 0.00301. The average Bonchev–Trinajstić information content (AvgIpc) is 2.47. The summed E-state index contributed by atoms with van der Waals surface area (Å²) in [6.07, 6.45) is 0. The monoisotopic (exact) mass is 291 g/mol. The van der Waals surface area contributed by atoms with Gasteiger partial charge in [0.2, 0.25) is 0 Å². The van der Waals surface area contributed by atoms with E-state index in [-0.39, 0.29) is 11.8 Å². The van der Waals surface area contributed by atoms with Crippen molar-refractivity contribution >= 4 is 5.69 Å². The summed E-state index contributed by atoms with van der Waals surface area (Å²) in [5, 5.41) is 3.30. The van der Waals surface area contributed by atoms with E-state index >= 15 is 0 Å². The molecule has 1 atom stereocenters. The van der Waals surface area contributed by atoms with Crippen molar-refractivity contribution in [3.8, 4) is 5.75 Å². The Kier molecular flexibility index (Phi) is 4.01. The van der Waals surface area contributed by atoms with Crippen LogP contribution in [0.15, 0.2) is 48.5 Å². The smallest absolute Gasteiger partial charge is 0.387 e.